The minimum atomic E-state index is -0.668. The van der Waals surface area contributed by atoms with Gasteiger partial charge in [-0.05, 0) is 25.0 Å². The second kappa shape index (κ2) is 5.73. The summed E-state index contributed by atoms with van der Waals surface area (Å²) in [5.74, 6) is -0.788. The number of rotatable bonds is 5. The van der Waals surface area contributed by atoms with Crippen LogP contribution in [-0.2, 0) is 0 Å². The van der Waals surface area contributed by atoms with E-state index in [4.69, 9.17) is 0 Å². The Labute approximate surface area is 106 Å². The first-order valence-corrected chi connectivity index (χ1v) is 5.92. The van der Waals surface area contributed by atoms with E-state index in [0.717, 1.165) is 6.07 Å². The van der Waals surface area contributed by atoms with Crippen molar-refractivity contribution in [3.05, 3.63) is 23.8 Å². The second-order valence-electron chi connectivity index (χ2n) is 4.34. The van der Waals surface area contributed by atoms with Gasteiger partial charge in [-0.15, -0.1) is 0 Å². The van der Waals surface area contributed by atoms with Crippen LogP contribution in [0.15, 0.2) is 18.2 Å². The van der Waals surface area contributed by atoms with Crippen LogP contribution in [0.5, 0.6) is 11.5 Å². The van der Waals surface area contributed by atoms with Crippen molar-refractivity contribution in [3.63, 3.8) is 0 Å². The molecule has 0 aliphatic heterocycles. The highest BCUT2D eigenvalue weighted by atomic mass is 16.3. The number of amides is 1. The Morgan fingerprint density at radius 1 is 1.17 bits per heavy atom. The molecule has 0 spiro atoms. The first kappa shape index (κ1) is 14.3. The Hall–Kier alpha value is -1.75. The van der Waals surface area contributed by atoms with E-state index >= 15 is 0 Å². The highest BCUT2D eigenvalue weighted by Crippen LogP contribution is 2.22. The normalized spacial score (nSPS) is 11.3. The molecule has 0 radical (unpaired) electrons. The summed E-state index contributed by atoms with van der Waals surface area (Å²) in [5, 5.41) is 30.8. The van der Waals surface area contributed by atoms with E-state index in [1.807, 2.05) is 13.8 Å². The van der Waals surface area contributed by atoms with Gasteiger partial charge in [0.15, 0.2) is 0 Å². The van der Waals surface area contributed by atoms with Crippen LogP contribution in [-0.4, -0.2) is 33.4 Å². The summed E-state index contributed by atoms with van der Waals surface area (Å²) in [4.78, 5) is 12.0. The Balaban J connectivity index is 2.94. The number of hydrogen-bond acceptors (Lipinski definition) is 4. The van der Waals surface area contributed by atoms with E-state index in [0.29, 0.717) is 12.8 Å². The van der Waals surface area contributed by atoms with E-state index in [-0.39, 0.29) is 23.7 Å². The van der Waals surface area contributed by atoms with Gasteiger partial charge in [-0.25, -0.2) is 0 Å². The van der Waals surface area contributed by atoms with Crippen molar-refractivity contribution in [3.8, 4) is 11.5 Å². The third-order valence-corrected chi connectivity index (χ3v) is 3.20. The van der Waals surface area contributed by atoms with Gasteiger partial charge in [-0.2, -0.15) is 0 Å². The van der Waals surface area contributed by atoms with Gasteiger partial charge in [0.2, 0.25) is 0 Å². The third-order valence-electron chi connectivity index (χ3n) is 3.20. The van der Waals surface area contributed by atoms with E-state index in [9.17, 15) is 20.1 Å². The van der Waals surface area contributed by atoms with Crippen LogP contribution in [0.2, 0.25) is 0 Å². The fourth-order valence-corrected chi connectivity index (χ4v) is 1.73. The van der Waals surface area contributed by atoms with Gasteiger partial charge in [0, 0.05) is 11.6 Å². The van der Waals surface area contributed by atoms with Crippen molar-refractivity contribution >= 4 is 5.91 Å². The molecule has 1 aromatic rings. The molecule has 0 fully saturated rings. The van der Waals surface area contributed by atoms with E-state index < -0.39 is 11.4 Å². The molecular formula is C13H19NO4. The predicted octanol–water partition coefficient (Wildman–Crippen LogP) is 1.38. The zero-order chi connectivity index (χ0) is 13.8. The van der Waals surface area contributed by atoms with Gasteiger partial charge in [0.05, 0.1) is 12.1 Å². The molecule has 1 aromatic carbocycles. The highest BCUT2D eigenvalue weighted by molar-refractivity contribution is 5.95. The lowest BCUT2D eigenvalue weighted by atomic mass is 9.93. The van der Waals surface area contributed by atoms with Crippen molar-refractivity contribution in [2.45, 2.75) is 32.2 Å². The van der Waals surface area contributed by atoms with Gasteiger partial charge in [0.1, 0.15) is 11.5 Å². The number of carbonyl (C=O) groups is 1. The number of phenols is 2. The molecule has 0 heterocycles. The minimum Gasteiger partial charge on any atom is -0.508 e. The smallest absolute Gasteiger partial charge is 0.252 e. The Morgan fingerprint density at radius 2 is 1.67 bits per heavy atom. The van der Waals surface area contributed by atoms with Crippen LogP contribution in [0.3, 0.4) is 0 Å². The Morgan fingerprint density at radius 3 is 2.06 bits per heavy atom. The van der Waals surface area contributed by atoms with Crippen molar-refractivity contribution in [1.29, 1.82) is 0 Å². The van der Waals surface area contributed by atoms with Gasteiger partial charge in [-0.1, -0.05) is 13.8 Å². The molecule has 5 nitrogen and oxygen atoms in total. The van der Waals surface area contributed by atoms with Crippen LogP contribution < -0.4 is 5.32 Å². The summed E-state index contributed by atoms with van der Waals surface area (Å²) >= 11 is 0. The van der Waals surface area contributed by atoms with Crippen LogP contribution in [0, 0.1) is 0 Å². The van der Waals surface area contributed by atoms with Gasteiger partial charge in [-0.3, -0.25) is 4.79 Å². The molecule has 0 aliphatic rings. The molecule has 1 amide bonds. The van der Waals surface area contributed by atoms with E-state index in [2.05, 4.69) is 5.32 Å². The summed E-state index contributed by atoms with van der Waals surface area (Å²) in [6.45, 7) is 3.59. The highest BCUT2D eigenvalue weighted by Gasteiger charge is 2.27. The SMILES string of the molecule is CCC(CC)(CO)NC(=O)c1cc(O)cc(O)c1. The molecule has 0 atom stereocenters. The average molecular weight is 253 g/mol. The number of aliphatic hydroxyl groups excluding tert-OH is 1. The van der Waals surface area contributed by atoms with Crippen molar-refractivity contribution in [2.24, 2.45) is 0 Å². The number of hydrogen-bond donors (Lipinski definition) is 4. The van der Waals surface area contributed by atoms with Gasteiger partial charge in [0.25, 0.3) is 5.91 Å². The zero-order valence-corrected chi connectivity index (χ0v) is 10.6. The topological polar surface area (TPSA) is 89.8 Å². The van der Waals surface area contributed by atoms with Crippen LogP contribution in [0.4, 0.5) is 0 Å². The third kappa shape index (κ3) is 3.13. The summed E-state index contributed by atoms with van der Waals surface area (Å²) in [6, 6.07) is 3.68. The standard InChI is InChI=1S/C13H19NO4/c1-3-13(4-2,8-15)14-12(18)9-5-10(16)7-11(17)6-9/h5-7,15-17H,3-4,8H2,1-2H3,(H,14,18). The fraction of sp³-hybridized carbons (Fsp3) is 0.462. The Kier molecular flexibility index (Phi) is 4.55. The number of carbonyl (C=O) groups excluding carboxylic acids is 1. The number of phenolic OH excluding ortho intramolecular Hbond substituents is 2. The van der Waals surface area contributed by atoms with Crippen molar-refractivity contribution < 1.29 is 20.1 Å². The molecule has 0 unspecified atom stereocenters. The fourth-order valence-electron chi connectivity index (χ4n) is 1.73. The number of nitrogens with one attached hydrogen (secondary N) is 1. The minimum absolute atomic E-state index is 0.156. The first-order valence-electron chi connectivity index (χ1n) is 5.92. The quantitative estimate of drug-likeness (QED) is 0.638. The molecule has 1 rings (SSSR count). The molecular weight excluding hydrogens is 234 g/mol. The maximum Gasteiger partial charge on any atom is 0.252 e. The van der Waals surface area contributed by atoms with E-state index in [1.165, 1.54) is 12.1 Å². The molecule has 18 heavy (non-hydrogen) atoms. The van der Waals surface area contributed by atoms with Crippen LogP contribution in [0.1, 0.15) is 37.0 Å². The maximum absolute atomic E-state index is 12.0. The number of benzene rings is 1. The lowest BCUT2D eigenvalue weighted by molar-refractivity contribution is 0.0817. The molecule has 0 aromatic heterocycles. The van der Waals surface area contributed by atoms with Crippen LogP contribution in [0.25, 0.3) is 0 Å². The number of aromatic hydroxyl groups is 2. The molecule has 0 aliphatic carbocycles. The largest absolute Gasteiger partial charge is 0.508 e. The van der Waals surface area contributed by atoms with Gasteiger partial charge < -0.3 is 20.6 Å². The van der Waals surface area contributed by atoms with Crippen LogP contribution >= 0.6 is 0 Å². The first-order chi connectivity index (χ1) is 8.46. The number of aliphatic hydroxyl groups is 1. The summed E-state index contributed by atoms with van der Waals surface area (Å²) in [7, 11) is 0. The molecule has 4 N–H and O–H groups in total. The average Bonchev–Trinajstić information content (AvgIpc) is 2.35. The predicted molar refractivity (Wildman–Crippen MR) is 67.6 cm³/mol. The second-order valence-corrected chi connectivity index (χ2v) is 4.34. The molecule has 5 heteroatoms. The summed E-state index contributed by atoms with van der Waals surface area (Å²) < 4.78 is 0. The maximum atomic E-state index is 12.0. The molecule has 0 saturated carbocycles. The monoisotopic (exact) mass is 253 g/mol. The molecule has 100 valence electrons. The van der Waals surface area contributed by atoms with Gasteiger partial charge >= 0.3 is 0 Å². The van der Waals surface area contributed by atoms with E-state index in [1.54, 1.807) is 0 Å². The molecule has 0 bridgehead atoms. The summed E-state index contributed by atoms with van der Waals surface area (Å²) in [6.07, 6.45) is 1.19. The lowest BCUT2D eigenvalue weighted by Crippen LogP contribution is -2.50. The zero-order valence-electron chi connectivity index (χ0n) is 10.6. The Bertz CT molecular complexity index is 398. The van der Waals surface area contributed by atoms with Crippen molar-refractivity contribution in [2.75, 3.05) is 6.61 Å². The molecule has 0 saturated heterocycles. The van der Waals surface area contributed by atoms with Crippen molar-refractivity contribution in [1.82, 2.24) is 5.32 Å². The lowest BCUT2D eigenvalue weighted by Gasteiger charge is -2.30. The summed E-state index contributed by atoms with van der Waals surface area (Å²) in [5.41, 5.74) is -0.509.